The van der Waals surface area contributed by atoms with Crippen molar-refractivity contribution in [2.24, 2.45) is 0 Å². The standard InChI is InChI=1S/C15H15NO4/c17-13-8-14-16(13)9-12(20-14)6-7-15(18)19-10-11-4-2-1-3-5-11/h1-7,12,14H,8-10H2/b7-6-/t12-,14+/m1/s1. The van der Waals surface area contributed by atoms with E-state index in [0.29, 0.717) is 13.0 Å². The van der Waals surface area contributed by atoms with Crippen LogP contribution in [0.3, 0.4) is 0 Å². The van der Waals surface area contributed by atoms with E-state index in [2.05, 4.69) is 0 Å². The van der Waals surface area contributed by atoms with Gasteiger partial charge in [0, 0.05) is 6.08 Å². The van der Waals surface area contributed by atoms with Crippen LogP contribution in [0.15, 0.2) is 42.5 Å². The minimum atomic E-state index is -0.405. The number of β-lactam (4-membered cyclic amide) rings is 1. The van der Waals surface area contributed by atoms with E-state index in [1.807, 2.05) is 30.3 Å². The van der Waals surface area contributed by atoms with Gasteiger partial charge in [-0.1, -0.05) is 30.3 Å². The lowest BCUT2D eigenvalue weighted by atomic mass is 10.2. The Hall–Kier alpha value is -2.14. The maximum atomic E-state index is 11.6. The third kappa shape index (κ3) is 2.72. The van der Waals surface area contributed by atoms with Crippen LogP contribution in [-0.2, 0) is 25.7 Å². The molecule has 2 aliphatic heterocycles. The fourth-order valence-corrected chi connectivity index (χ4v) is 2.27. The summed E-state index contributed by atoms with van der Waals surface area (Å²) in [6, 6.07) is 9.49. The van der Waals surface area contributed by atoms with Crippen LogP contribution in [0, 0.1) is 0 Å². The van der Waals surface area contributed by atoms with Gasteiger partial charge in [-0.05, 0) is 11.6 Å². The van der Waals surface area contributed by atoms with Crippen molar-refractivity contribution in [2.75, 3.05) is 6.54 Å². The number of amides is 1. The molecule has 0 aromatic heterocycles. The van der Waals surface area contributed by atoms with Gasteiger partial charge in [0.2, 0.25) is 5.91 Å². The smallest absolute Gasteiger partial charge is 0.330 e. The van der Waals surface area contributed by atoms with E-state index in [4.69, 9.17) is 9.47 Å². The van der Waals surface area contributed by atoms with E-state index in [0.717, 1.165) is 5.56 Å². The molecule has 0 spiro atoms. The van der Waals surface area contributed by atoms with Crippen molar-refractivity contribution in [2.45, 2.75) is 25.4 Å². The Morgan fingerprint density at radius 3 is 2.90 bits per heavy atom. The van der Waals surface area contributed by atoms with E-state index in [9.17, 15) is 9.59 Å². The van der Waals surface area contributed by atoms with Crippen LogP contribution < -0.4 is 0 Å². The summed E-state index contributed by atoms with van der Waals surface area (Å²) in [6.45, 7) is 0.773. The fraction of sp³-hybridized carbons (Fsp3) is 0.333. The summed E-state index contributed by atoms with van der Waals surface area (Å²) < 4.78 is 10.7. The number of carbonyl (C=O) groups is 2. The van der Waals surface area contributed by atoms with Gasteiger partial charge in [-0.15, -0.1) is 0 Å². The molecule has 2 fully saturated rings. The van der Waals surface area contributed by atoms with Crippen molar-refractivity contribution >= 4 is 11.9 Å². The van der Waals surface area contributed by atoms with Gasteiger partial charge in [0.15, 0.2) is 0 Å². The molecule has 2 atom stereocenters. The molecule has 1 aromatic carbocycles. The Morgan fingerprint density at radius 2 is 2.20 bits per heavy atom. The molecule has 0 saturated carbocycles. The Morgan fingerprint density at radius 1 is 1.40 bits per heavy atom. The third-order valence-electron chi connectivity index (χ3n) is 3.40. The summed E-state index contributed by atoms with van der Waals surface area (Å²) in [4.78, 5) is 24.4. The lowest BCUT2D eigenvalue weighted by molar-refractivity contribution is -0.155. The highest BCUT2D eigenvalue weighted by Crippen LogP contribution is 2.28. The fourth-order valence-electron chi connectivity index (χ4n) is 2.27. The monoisotopic (exact) mass is 273 g/mol. The summed E-state index contributed by atoms with van der Waals surface area (Å²) in [7, 11) is 0. The molecule has 0 aliphatic carbocycles. The summed E-state index contributed by atoms with van der Waals surface area (Å²) in [5, 5.41) is 0. The van der Waals surface area contributed by atoms with Crippen molar-refractivity contribution < 1.29 is 19.1 Å². The molecule has 5 nitrogen and oxygen atoms in total. The second-order valence-corrected chi connectivity index (χ2v) is 4.83. The molecule has 2 saturated heterocycles. The molecule has 0 radical (unpaired) electrons. The minimum absolute atomic E-state index is 0.0995. The molecule has 1 aromatic rings. The molecule has 2 aliphatic rings. The lowest BCUT2D eigenvalue weighted by Crippen LogP contribution is -2.48. The highest BCUT2D eigenvalue weighted by Gasteiger charge is 2.44. The number of benzene rings is 1. The van der Waals surface area contributed by atoms with Gasteiger partial charge in [0.25, 0.3) is 0 Å². The van der Waals surface area contributed by atoms with E-state index in [-0.39, 0.29) is 24.8 Å². The van der Waals surface area contributed by atoms with Crippen molar-refractivity contribution in [1.29, 1.82) is 0 Å². The number of esters is 1. The number of fused-ring (bicyclic) bond motifs is 1. The van der Waals surface area contributed by atoms with E-state index >= 15 is 0 Å². The summed E-state index contributed by atoms with van der Waals surface area (Å²) in [5.74, 6) is -0.296. The van der Waals surface area contributed by atoms with Crippen LogP contribution in [0.25, 0.3) is 0 Å². The Balaban J connectivity index is 1.45. The second-order valence-electron chi connectivity index (χ2n) is 4.83. The van der Waals surface area contributed by atoms with Crippen LogP contribution in [-0.4, -0.2) is 35.7 Å². The molecule has 3 rings (SSSR count). The highest BCUT2D eigenvalue weighted by molar-refractivity contribution is 5.83. The lowest BCUT2D eigenvalue weighted by Gasteiger charge is -2.31. The topological polar surface area (TPSA) is 55.8 Å². The predicted molar refractivity (Wildman–Crippen MR) is 70.4 cm³/mol. The van der Waals surface area contributed by atoms with E-state index in [1.165, 1.54) is 6.08 Å². The predicted octanol–water partition coefficient (Wildman–Crippen LogP) is 1.24. The van der Waals surface area contributed by atoms with E-state index in [1.54, 1.807) is 11.0 Å². The number of rotatable bonds is 4. The van der Waals surface area contributed by atoms with Crippen molar-refractivity contribution in [3.8, 4) is 0 Å². The molecule has 1 amide bonds. The van der Waals surface area contributed by atoms with Gasteiger partial charge >= 0.3 is 5.97 Å². The summed E-state index contributed by atoms with van der Waals surface area (Å²) in [6.07, 6.45) is 3.15. The second kappa shape index (κ2) is 5.46. The first-order chi connectivity index (χ1) is 9.72. The average Bonchev–Trinajstić information content (AvgIpc) is 2.81. The SMILES string of the molecule is O=C(/C=C\[C@@H]1CN2C(=O)C[C@@H]2O1)OCc1ccccc1. The normalized spacial score (nSPS) is 24.6. The Bertz CT molecular complexity index is 540. The minimum Gasteiger partial charge on any atom is -0.458 e. The van der Waals surface area contributed by atoms with Gasteiger partial charge in [0.05, 0.1) is 19.1 Å². The first-order valence-corrected chi connectivity index (χ1v) is 6.56. The molecule has 0 unspecified atom stereocenters. The maximum absolute atomic E-state index is 11.6. The van der Waals surface area contributed by atoms with Gasteiger partial charge in [0.1, 0.15) is 12.8 Å². The zero-order valence-corrected chi connectivity index (χ0v) is 10.9. The Labute approximate surface area is 116 Å². The molecule has 2 heterocycles. The van der Waals surface area contributed by atoms with Gasteiger partial charge in [-0.2, -0.15) is 0 Å². The molecule has 5 heteroatoms. The van der Waals surface area contributed by atoms with Crippen molar-refractivity contribution in [3.05, 3.63) is 48.0 Å². The van der Waals surface area contributed by atoms with Crippen LogP contribution in [0.5, 0.6) is 0 Å². The number of ether oxygens (including phenoxy) is 2. The number of hydrogen-bond acceptors (Lipinski definition) is 4. The zero-order chi connectivity index (χ0) is 13.9. The first-order valence-electron chi connectivity index (χ1n) is 6.56. The quantitative estimate of drug-likeness (QED) is 0.470. The van der Waals surface area contributed by atoms with Crippen molar-refractivity contribution in [3.63, 3.8) is 0 Å². The number of nitrogens with zero attached hydrogens (tertiary/aromatic N) is 1. The first kappa shape index (κ1) is 12.9. The molecular weight excluding hydrogens is 258 g/mol. The van der Waals surface area contributed by atoms with Gasteiger partial charge in [-0.25, -0.2) is 4.79 Å². The van der Waals surface area contributed by atoms with Gasteiger partial charge in [-0.3, -0.25) is 4.79 Å². The zero-order valence-electron chi connectivity index (χ0n) is 10.9. The molecule has 0 bridgehead atoms. The average molecular weight is 273 g/mol. The third-order valence-corrected chi connectivity index (χ3v) is 3.40. The molecular formula is C15H15NO4. The Kier molecular flexibility index (Phi) is 3.52. The van der Waals surface area contributed by atoms with Crippen LogP contribution in [0.4, 0.5) is 0 Å². The van der Waals surface area contributed by atoms with E-state index < -0.39 is 5.97 Å². The highest BCUT2D eigenvalue weighted by atomic mass is 16.5. The largest absolute Gasteiger partial charge is 0.458 e. The van der Waals surface area contributed by atoms with Gasteiger partial charge < -0.3 is 14.4 Å². The molecule has 20 heavy (non-hydrogen) atoms. The molecule has 0 N–H and O–H groups in total. The summed E-state index contributed by atoms with van der Waals surface area (Å²) in [5.41, 5.74) is 0.945. The summed E-state index contributed by atoms with van der Waals surface area (Å²) >= 11 is 0. The maximum Gasteiger partial charge on any atom is 0.330 e. The van der Waals surface area contributed by atoms with Crippen LogP contribution in [0.2, 0.25) is 0 Å². The van der Waals surface area contributed by atoms with Crippen LogP contribution in [0.1, 0.15) is 12.0 Å². The number of carbonyl (C=O) groups excluding carboxylic acids is 2. The molecule has 104 valence electrons. The number of hydrogen-bond donors (Lipinski definition) is 0. The van der Waals surface area contributed by atoms with Crippen LogP contribution >= 0.6 is 0 Å². The van der Waals surface area contributed by atoms with Crippen molar-refractivity contribution in [1.82, 2.24) is 4.90 Å².